The topological polar surface area (TPSA) is 29.5 Å². The Kier molecular flexibility index (Phi) is 7.46. The van der Waals surface area contributed by atoms with Crippen LogP contribution in [0.1, 0.15) is 78.1 Å². The molecule has 6 unspecified atom stereocenters. The standard InChI is InChI=1S/C30H42F3NO2/c1-20-8-9-26(30(31,32)33)16-24-18-34(13-10-27(20)24)28(35)29-12-4-7-25(29)15-22(17-29)5-3-6-23-11-14-36-19-21(23)2/h8-9,16,20-23,25H,3-7,10-15,17-19H2,1-2H3. The molecule has 1 saturated heterocycles. The van der Waals surface area contributed by atoms with Crippen LogP contribution in [-0.4, -0.2) is 43.3 Å². The molecule has 2 aliphatic heterocycles. The molecule has 3 fully saturated rings. The fraction of sp³-hybridized carbons (Fsp3) is 0.767. The molecule has 200 valence electrons. The molecule has 3 aliphatic carbocycles. The number of ether oxygens (including phenoxy) is 1. The van der Waals surface area contributed by atoms with Crippen LogP contribution in [0.15, 0.2) is 34.9 Å². The van der Waals surface area contributed by atoms with Crippen molar-refractivity contribution in [1.29, 1.82) is 0 Å². The van der Waals surface area contributed by atoms with Crippen molar-refractivity contribution in [3.05, 3.63) is 34.9 Å². The second-order valence-electron chi connectivity index (χ2n) is 12.4. The van der Waals surface area contributed by atoms with Crippen molar-refractivity contribution in [3.63, 3.8) is 0 Å². The second-order valence-corrected chi connectivity index (χ2v) is 12.4. The normalized spacial score (nSPS) is 37.0. The van der Waals surface area contributed by atoms with Gasteiger partial charge in [-0.3, -0.25) is 4.79 Å². The molecule has 36 heavy (non-hydrogen) atoms. The van der Waals surface area contributed by atoms with Gasteiger partial charge in [0.1, 0.15) is 0 Å². The van der Waals surface area contributed by atoms with Gasteiger partial charge in [0.15, 0.2) is 0 Å². The maximum Gasteiger partial charge on any atom is 0.416 e. The Morgan fingerprint density at radius 2 is 2.06 bits per heavy atom. The number of alkyl halides is 3. The van der Waals surface area contributed by atoms with E-state index in [-0.39, 0.29) is 17.2 Å². The number of allylic oxidation sites excluding steroid dienone is 3. The van der Waals surface area contributed by atoms with E-state index >= 15 is 0 Å². The molecule has 3 nitrogen and oxygen atoms in total. The highest BCUT2D eigenvalue weighted by molar-refractivity contribution is 5.84. The summed E-state index contributed by atoms with van der Waals surface area (Å²) in [6.07, 6.45) is 10.6. The lowest BCUT2D eigenvalue weighted by Crippen LogP contribution is -2.47. The minimum Gasteiger partial charge on any atom is -0.381 e. The van der Waals surface area contributed by atoms with Gasteiger partial charge in [0.25, 0.3) is 0 Å². The first-order valence-electron chi connectivity index (χ1n) is 14.2. The van der Waals surface area contributed by atoms with Crippen molar-refractivity contribution in [3.8, 4) is 0 Å². The zero-order valence-corrected chi connectivity index (χ0v) is 21.9. The van der Waals surface area contributed by atoms with Crippen LogP contribution in [0.3, 0.4) is 0 Å². The number of carbonyl (C=O) groups excluding carboxylic acids is 1. The molecular formula is C30H42F3NO2. The molecule has 5 rings (SSSR count). The SMILES string of the molecule is CC1C=CC(C(F)(F)F)=CC2=C1CCN(C(=O)C13CCCC1CC(CCCC1CCOCC1C)C3)C2. The van der Waals surface area contributed by atoms with E-state index in [2.05, 4.69) is 6.92 Å². The monoisotopic (exact) mass is 505 g/mol. The summed E-state index contributed by atoms with van der Waals surface area (Å²) in [5.41, 5.74) is 0.873. The van der Waals surface area contributed by atoms with Gasteiger partial charge in [0, 0.05) is 26.3 Å². The highest BCUT2D eigenvalue weighted by Crippen LogP contribution is 2.58. The second kappa shape index (κ2) is 10.3. The van der Waals surface area contributed by atoms with Crippen molar-refractivity contribution in [1.82, 2.24) is 4.90 Å². The zero-order valence-electron chi connectivity index (χ0n) is 21.9. The van der Waals surface area contributed by atoms with Crippen LogP contribution in [0.4, 0.5) is 13.2 Å². The van der Waals surface area contributed by atoms with Gasteiger partial charge >= 0.3 is 6.18 Å². The van der Waals surface area contributed by atoms with Gasteiger partial charge in [-0.25, -0.2) is 0 Å². The van der Waals surface area contributed by atoms with Gasteiger partial charge in [-0.1, -0.05) is 57.3 Å². The summed E-state index contributed by atoms with van der Waals surface area (Å²) in [6, 6.07) is 0. The molecule has 5 aliphatic rings. The Labute approximate surface area is 214 Å². The lowest BCUT2D eigenvalue weighted by molar-refractivity contribution is -0.143. The molecule has 0 spiro atoms. The van der Waals surface area contributed by atoms with E-state index < -0.39 is 11.7 Å². The molecule has 0 aromatic carbocycles. The van der Waals surface area contributed by atoms with Gasteiger partial charge in [-0.15, -0.1) is 0 Å². The number of fused-ring (bicyclic) bond motifs is 1. The summed E-state index contributed by atoms with van der Waals surface area (Å²) in [5.74, 6) is 2.65. The number of nitrogens with zero attached hydrogens (tertiary/aromatic N) is 1. The maximum atomic E-state index is 14.1. The van der Waals surface area contributed by atoms with E-state index in [1.807, 2.05) is 11.8 Å². The quantitative estimate of drug-likeness (QED) is 0.394. The van der Waals surface area contributed by atoms with Crippen LogP contribution in [0.25, 0.3) is 0 Å². The van der Waals surface area contributed by atoms with Gasteiger partial charge < -0.3 is 9.64 Å². The predicted octanol–water partition coefficient (Wildman–Crippen LogP) is 7.25. The molecule has 6 atom stereocenters. The Bertz CT molecular complexity index is 935. The summed E-state index contributed by atoms with van der Waals surface area (Å²) >= 11 is 0. The molecule has 2 saturated carbocycles. The minimum atomic E-state index is -4.37. The van der Waals surface area contributed by atoms with Crippen LogP contribution in [0, 0.1) is 35.0 Å². The third-order valence-corrected chi connectivity index (χ3v) is 10.1. The zero-order chi connectivity index (χ0) is 25.5. The third-order valence-electron chi connectivity index (χ3n) is 10.1. The number of amides is 1. The van der Waals surface area contributed by atoms with E-state index in [0.717, 1.165) is 56.8 Å². The van der Waals surface area contributed by atoms with Crippen LogP contribution in [0.2, 0.25) is 0 Å². The number of hydrogen-bond donors (Lipinski definition) is 0. The summed E-state index contributed by atoms with van der Waals surface area (Å²) in [6.45, 7) is 6.99. The fourth-order valence-corrected chi connectivity index (χ4v) is 8.09. The Morgan fingerprint density at radius 1 is 1.22 bits per heavy atom. The van der Waals surface area contributed by atoms with E-state index in [4.69, 9.17) is 4.74 Å². The lowest BCUT2D eigenvalue weighted by atomic mass is 9.77. The Hall–Kier alpha value is -1.56. The Morgan fingerprint density at radius 3 is 2.83 bits per heavy atom. The summed E-state index contributed by atoms with van der Waals surface area (Å²) < 4.78 is 46.2. The molecular weight excluding hydrogens is 463 g/mol. The predicted molar refractivity (Wildman–Crippen MR) is 135 cm³/mol. The first-order chi connectivity index (χ1) is 17.2. The number of halogens is 3. The molecule has 0 bridgehead atoms. The minimum absolute atomic E-state index is 0.0277. The van der Waals surface area contributed by atoms with Crippen molar-refractivity contribution in [2.75, 3.05) is 26.3 Å². The van der Waals surface area contributed by atoms with E-state index in [1.54, 1.807) is 6.08 Å². The average molecular weight is 506 g/mol. The van der Waals surface area contributed by atoms with Crippen LogP contribution >= 0.6 is 0 Å². The molecule has 1 amide bonds. The van der Waals surface area contributed by atoms with Crippen LogP contribution in [-0.2, 0) is 9.53 Å². The highest BCUT2D eigenvalue weighted by atomic mass is 19.4. The largest absolute Gasteiger partial charge is 0.416 e. The van der Waals surface area contributed by atoms with E-state index in [0.29, 0.717) is 42.8 Å². The van der Waals surface area contributed by atoms with Gasteiger partial charge in [-0.2, -0.15) is 13.2 Å². The van der Waals surface area contributed by atoms with Crippen LogP contribution < -0.4 is 0 Å². The van der Waals surface area contributed by atoms with E-state index in [1.165, 1.54) is 37.8 Å². The van der Waals surface area contributed by atoms with Crippen LogP contribution in [0.5, 0.6) is 0 Å². The number of rotatable bonds is 5. The number of carbonyl (C=O) groups is 1. The fourth-order valence-electron chi connectivity index (χ4n) is 8.09. The molecule has 0 aromatic heterocycles. The number of hydrogen-bond acceptors (Lipinski definition) is 2. The van der Waals surface area contributed by atoms with E-state index in [9.17, 15) is 18.0 Å². The Balaban J connectivity index is 1.25. The highest BCUT2D eigenvalue weighted by Gasteiger charge is 2.55. The van der Waals surface area contributed by atoms with Crippen molar-refractivity contribution in [2.24, 2.45) is 35.0 Å². The third kappa shape index (κ3) is 5.08. The summed E-state index contributed by atoms with van der Waals surface area (Å²) in [7, 11) is 0. The average Bonchev–Trinajstić information content (AvgIpc) is 3.34. The van der Waals surface area contributed by atoms with Crippen molar-refractivity contribution in [2.45, 2.75) is 84.2 Å². The maximum absolute atomic E-state index is 14.1. The van der Waals surface area contributed by atoms with Crippen molar-refractivity contribution >= 4 is 5.91 Å². The summed E-state index contributed by atoms with van der Waals surface area (Å²) in [4.78, 5) is 16.0. The van der Waals surface area contributed by atoms with Crippen molar-refractivity contribution < 1.29 is 22.7 Å². The molecule has 0 radical (unpaired) electrons. The molecule has 0 aromatic rings. The lowest BCUT2D eigenvalue weighted by Gasteiger charge is -2.38. The molecule has 0 N–H and O–H groups in total. The smallest absolute Gasteiger partial charge is 0.381 e. The van der Waals surface area contributed by atoms with Gasteiger partial charge in [-0.05, 0) is 79.8 Å². The first-order valence-corrected chi connectivity index (χ1v) is 14.2. The van der Waals surface area contributed by atoms with Gasteiger partial charge in [0.2, 0.25) is 5.91 Å². The molecule has 6 heteroatoms. The molecule has 2 heterocycles. The first kappa shape index (κ1) is 26.1. The van der Waals surface area contributed by atoms with Gasteiger partial charge in [0.05, 0.1) is 11.0 Å². The summed E-state index contributed by atoms with van der Waals surface area (Å²) in [5, 5.41) is 0.